The smallest absolute Gasteiger partial charge is 0.0889 e. The zero-order chi connectivity index (χ0) is 13.5. The predicted octanol–water partition coefficient (Wildman–Crippen LogP) is 2.63. The van der Waals surface area contributed by atoms with E-state index >= 15 is 0 Å². The van der Waals surface area contributed by atoms with Gasteiger partial charge in [-0.2, -0.15) is 0 Å². The topological polar surface area (TPSA) is 56.1 Å². The molecule has 0 saturated carbocycles. The number of hydrogen-bond donors (Lipinski definition) is 2. The molecule has 2 rings (SSSR count). The fourth-order valence-electron chi connectivity index (χ4n) is 2.61. The van der Waals surface area contributed by atoms with Crippen LogP contribution in [-0.2, 0) is 0 Å². The van der Waals surface area contributed by atoms with Gasteiger partial charge in [-0.1, -0.05) is 23.4 Å². The lowest BCUT2D eigenvalue weighted by molar-refractivity contribution is 0.283. The van der Waals surface area contributed by atoms with Gasteiger partial charge >= 0.3 is 0 Å². The van der Waals surface area contributed by atoms with E-state index in [1.807, 2.05) is 18.2 Å². The Labute approximate surface area is 114 Å². The van der Waals surface area contributed by atoms with Crippen molar-refractivity contribution in [3.05, 3.63) is 29.8 Å². The number of fused-ring (bicyclic) bond motifs is 1. The predicted molar refractivity (Wildman–Crippen MR) is 77.1 cm³/mol. The third-order valence-electron chi connectivity index (χ3n) is 3.60. The first-order chi connectivity index (χ1) is 9.36. The van der Waals surface area contributed by atoms with Gasteiger partial charge in [0.25, 0.3) is 0 Å². The number of rotatable bonds is 5. The molecule has 1 aromatic carbocycles. The van der Waals surface area contributed by atoms with Crippen LogP contribution < -0.4 is 4.90 Å². The Morgan fingerprint density at radius 3 is 2.79 bits per heavy atom. The molecular weight excluding hydrogens is 240 g/mol. The van der Waals surface area contributed by atoms with E-state index in [0.717, 1.165) is 62.2 Å². The van der Waals surface area contributed by atoms with Crippen molar-refractivity contribution in [3.8, 4) is 0 Å². The lowest BCUT2D eigenvalue weighted by Gasteiger charge is -2.24. The zero-order valence-corrected chi connectivity index (χ0v) is 11.3. The standard InChI is InChI=1S/C15H22N2O2/c18-12-5-1-4-10-17-11-6-8-14(16-19)13-7-2-3-9-15(13)17/h2-3,7,9,18-19H,1,4-6,8,10-12H2/b16-14-. The number of para-hydroxylation sites is 1. The molecule has 0 fully saturated rings. The highest BCUT2D eigenvalue weighted by atomic mass is 16.4. The lowest BCUT2D eigenvalue weighted by Crippen LogP contribution is -2.25. The molecule has 19 heavy (non-hydrogen) atoms. The molecule has 0 saturated heterocycles. The van der Waals surface area contributed by atoms with Crippen LogP contribution in [0.2, 0.25) is 0 Å². The summed E-state index contributed by atoms with van der Waals surface area (Å²) in [6.45, 7) is 2.27. The minimum absolute atomic E-state index is 0.276. The maximum Gasteiger partial charge on any atom is 0.0889 e. The second-order valence-electron chi connectivity index (χ2n) is 4.94. The Morgan fingerprint density at radius 1 is 1.16 bits per heavy atom. The fraction of sp³-hybridized carbons (Fsp3) is 0.533. The second kappa shape index (κ2) is 7.14. The Morgan fingerprint density at radius 2 is 2.00 bits per heavy atom. The number of hydrogen-bond acceptors (Lipinski definition) is 4. The quantitative estimate of drug-likeness (QED) is 0.487. The van der Waals surface area contributed by atoms with E-state index in [-0.39, 0.29) is 6.61 Å². The molecule has 0 spiro atoms. The van der Waals surface area contributed by atoms with Gasteiger partial charge in [-0.25, -0.2) is 0 Å². The van der Waals surface area contributed by atoms with Crippen LogP contribution in [0.15, 0.2) is 29.4 Å². The summed E-state index contributed by atoms with van der Waals surface area (Å²) in [7, 11) is 0. The molecule has 4 nitrogen and oxygen atoms in total. The highest BCUT2D eigenvalue weighted by Gasteiger charge is 2.18. The van der Waals surface area contributed by atoms with Crippen molar-refractivity contribution in [2.24, 2.45) is 5.16 Å². The van der Waals surface area contributed by atoms with Crippen molar-refractivity contribution >= 4 is 11.4 Å². The molecule has 1 aliphatic heterocycles. The van der Waals surface area contributed by atoms with Crippen LogP contribution in [-0.4, -0.2) is 35.7 Å². The Balaban J connectivity index is 2.12. The molecule has 2 N–H and O–H groups in total. The first-order valence-corrected chi connectivity index (χ1v) is 7.03. The third-order valence-corrected chi connectivity index (χ3v) is 3.60. The summed E-state index contributed by atoms with van der Waals surface area (Å²) < 4.78 is 0. The molecule has 0 radical (unpaired) electrons. The molecule has 0 bridgehead atoms. The number of unbranched alkanes of at least 4 members (excludes halogenated alkanes) is 2. The Kier molecular flexibility index (Phi) is 5.21. The highest BCUT2D eigenvalue weighted by molar-refractivity contribution is 6.05. The summed E-state index contributed by atoms with van der Waals surface area (Å²) in [5.41, 5.74) is 3.00. The van der Waals surface area contributed by atoms with E-state index in [1.54, 1.807) is 0 Å². The van der Waals surface area contributed by atoms with Crippen LogP contribution in [0.1, 0.15) is 37.7 Å². The van der Waals surface area contributed by atoms with Gasteiger partial charge in [-0.05, 0) is 38.2 Å². The molecule has 0 atom stereocenters. The molecule has 4 heteroatoms. The van der Waals surface area contributed by atoms with Gasteiger partial charge in [0.15, 0.2) is 0 Å². The van der Waals surface area contributed by atoms with Crippen LogP contribution in [0.5, 0.6) is 0 Å². The maximum atomic E-state index is 9.14. The third kappa shape index (κ3) is 3.47. The van der Waals surface area contributed by atoms with Gasteiger partial charge in [-0.3, -0.25) is 0 Å². The number of aliphatic hydroxyl groups excluding tert-OH is 1. The van der Waals surface area contributed by atoms with Gasteiger partial charge < -0.3 is 15.2 Å². The van der Waals surface area contributed by atoms with E-state index in [1.165, 1.54) is 0 Å². The first-order valence-electron chi connectivity index (χ1n) is 7.03. The number of oxime groups is 1. The molecule has 1 heterocycles. The van der Waals surface area contributed by atoms with E-state index < -0.39 is 0 Å². The molecule has 0 amide bonds. The van der Waals surface area contributed by atoms with Crippen LogP contribution in [0.25, 0.3) is 0 Å². The summed E-state index contributed by atoms with van der Waals surface area (Å²) >= 11 is 0. The van der Waals surface area contributed by atoms with Crippen LogP contribution in [0.3, 0.4) is 0 Å². The molecule has 0 aliphatic carbocycles. The number of anilines is 1. The lowest BCUT2D eigenvalue weighted by atomic mass is 10.1. The van der Waals surface area contributed by atoms with Crippen LogP contribution >= 0.6 is 0 Å². The monoisotopic (exact) mass is 262 g/mol. The summed E-state index contributed by atoms with van der Waals surface area (Å²) in [5, 5.41) is 21.4. The van der Waals surface area contributed by atoms with Gasteiger partial charge in [0.2, 0.25) is 0 Å². The summed E-state index contributed by atoms with van der Waals surface area (Å²) in [5.74, 6) is 0. The van der Waals surface area contributed by atoms with E-state index in [9.17, 15) is 0 Å². The summed E-state index contributed by atoms with van der Waals surface area (Å²) in [4.78, 5) is 2.37. The normalized spacial score (nSPS) is 17.3. The van der Waals surface area contributed by atoms with Crippen LogP contribution in [0, 0.1) is 0 Å². The Bertz CT molecular complexity index is 432. The summed E-state index contributed by atoms with van der Waals surface area (Å²) in [6.07, 6.45) is 4.84. The number of nitrogens with zero attached hydrogens (tertiary/aromatic N) is 2. The fourth-order valence-corrected chi connectivity index (χ4v) is 2.61. The average molecular weight is 262 g/mol. The summed E-state index contributed by atoms with van der Waals surface area (Å²) in [6, 6.07) is 8.13. The van der Waals surface area contributed by atoms with Gasteiger partial charge in [0.05, 0.1) is 5.71 Å². The van der Waals surface area contributed by atoms with Gasteiger partial charge in [0, 0.05) is 30.9 Å². The van der Waals surface area contributed by atoms with Crippen molar-refractivity contribution in [1.29, 1.82) is 0 Å². The molecule has 1 aliphatic rings. The minimum atomic E-state index is 0.276. The number of benzene rings is 1. The highest BCUT2D eigenvalue weighted by Crippen LogP contribution is 2.26. The van der Waals surface area contributed by atoms with Crippen LogP contribution in [0.4, 0.5) is 5.69 Å². The number of aliphatic hydroxyl groups is 1. The van der Waals surface area contributed by atoms with E-state index in [4.69, 9.17) is 10.3 Å². The van der Waals surface area contributed by atoms with Crippen molar-refractivity contribution in [2.75, 3.05) is 24.6 Å². The van der Waals surface area contributed by atoms with Gasteiger partial charge in [-0.15, -0.1) is 0 Å². The van der Waals surface area contributed by atoms with Gasteiger partial charge in [0.1, 0.15) is 0 Å². The van der Waals surface area contributed by atoms with Crippen molar-refractivity contribution < 1.29 is 10.3 Å². The van der Waals surface area contributed by atoms with E-state index in [0.29, 0.717) is 0 Å². The minimum Gasteiger partial charge on any atom is -0.411 e. The molecule has 0 aromatic heterocycles. The molecule has 0 unspecified atom stereocenters. The molecular formula is C15H22N2O2. The van der Waals surface area contributed by atoms with Crippen molar-refractivity contribution in [1.82, 2.24) is 0 Å². The van der Waals surface area contributed by atoms with Crippen molar-refractivity contribution in [3.63, 3.8) is 0 Å². The zero-order valence-electron chi connectivity index (χ0n) is 11.3. The Hall–Kier alpha value is -1.55. The first kappa shape index (κ1) is 13.9. The average Bonchev–Trinajstić information content (AvgIpc) is 2.63. The molecule has 104 valence electrons. The maximum absolute atomic E-state index is 9.14. The molecule has 1 aromatic rings. The van der Waals surface area contributed by atoms with Crippen molar-refractivity contribution in [2.45, 2.75) is 32.1 Å². The SMILES string of the molecule is OCCCCCN1CCC/C(=N/O)c2ccccc21. The second-order valence-corrected chi connectivity index (χ2v) is 4.94. The largest absolute Gasteiger partial charge is 0.411 e. The van der Waals surface area contributed by atoms with E-state index in [2.05, 4.69) is 16.1 Å².